The van der Waals surface area contributed by atoms with Gasteiger partial charge < -0.3 is 19.0 Å². The number of rotatable bonds is 20. The van der Waals surface area contributed by atoms with Crippen LogP contribution in [0.2, 0.25) is 0 Å². The second kappa shape index (κ2) is 20.8. The zero-order chi connectivity index (χ0) is 25.7. The first-order chi connectivity index (χ1) is 17.0. The molecule has 1 fully saturated rings. The Kier molecular flexibility index (Phi) is 18.8. The predicted molar refractivity (Wildman–Crippen MR) is 137 cm³/mol. The monoisotopic (exact) mass is 515 g/mol. The minimum absolute atomic E-state index is 0.164. The van der Waals surface area contributed by atoms with Gasteiger partial charge in [0.25, 0.3) is 0 Å². The third kappa shape index (κ3) is 16.1. The molecule has 0 aromatic heterocycles. The van der Waals surface area contributed by atoms with E-state index in [1.165, 1.54) is 32.1 Å². The summed E-state index contributed by atoms with van der Waals surface area (Å²) >= 11 is 5.09. The number of nitriles is 1. The van der Waals surface area contributed by atoms with Crippen molar-refractivity contribution in [3.63, 3.8) is 0 Å². The van der Waals surface area contributed by atoms with Crippen LogP contribution < -0.4 is 0 Å². The molecule has 1 atom stereocenters. The molecule has 9 heteroatoms. The number of hydrogen-bond acceptors (Lipinski definition) is 8. The van der Waals surface area contributed by atoms with Gasteiger partial charge in [-0.15, -0.1) is 0 Å². The number of ether oxygens (including phenoxy) is 1. The van der Waals surface area contributed by atoms with E-state index in [2.05, 4.69) is 20.2 Å². The number of carbonyl (C=O) groups excluding carboxylic acids is 2. The molecule has 202 valence electrons. The van der Waals surface area contributed by atoms with Crippen molar-refractivity contribution in [2.24, 2.45) is 5.92 Å². The summed E-state index contributed by atoms with van der Waals surface area (Å²) in [6.45, 7) is 6.64. The van der Waals surface area contributed by atoms with E-state index in [1.54, 1.807) is 6.92 Å². The van der Waals surface area contributed by atoms with Crippen molar-refractivity contribution in [1.82, 2.24) is 9.80 Å². The lowest BCUT2D eigenvalue weighted by molar-refractivity contribution is -0.144. The summed E-state index contributed by atoms with van der Waals surface area (Å²) in [6.07, 6.45) is 12.5. The topological polar surface area (TPSA) is 103 Å². The third-order valence-electron chi connectivity index (χ3n) is 6.69. The molecule has 0 aliphatic heterocycles. The van der Waals surface area contributed by atoms with E-state index in [0.717, 1.165) is 71.2 Å². The number of esters is 1. The highest BCUT2D eigenvalue weighted by Crippen LogP contribution is 2.22. The molecule has 0 radical (unpaired) electrons. The van der Waals surface area contributed by atoms with Crippen LogP contribution in [0.3, 0.4) is 0 Å². The zero-order valence-corrected chi connectivity index (χ0v) is 22.4. The van der Waals surface area contributed by atoms with Gasteiger partial charge in [0.1, 0.15) is 18.5 Å². The molecule has 1 saturated carbocycles. The van der Waals surface area contributed by atoms with Crippen LogP contribution in [0.4, 0.5) is 0 Å². The van der Waals surface area contributed by atoms with E-state index < -0.39 is 0 Å². The van der Waals surface area contributed by atoms with E-state index in [1.807, 2.05) is 0 Å². The molecule has 0 saturated heterocycles. The Morgan fingerprint density at radius 1 is 0.943 bits per heavy atom. The summed E-state index contributed by atoms with van der Waals surface area (Å²) in [7, 11) is 0. The highest BCUT2D eigenvalue weighted by Gasteiger charge is 2.21. The molecular weight excluding hydrogens is 470 g/mol. The molecule has 0 heterocycles. The standard InChI is InChI=1S/C26H46ClN3O5/c1-23(21-28)22-34-25(32)13-7-3-9-15-29(16-10-4-8-14-26(33)35-27)17-18-30(19-20-31)24-11-5-2-6-12-24/h23-24,31H,2-20,22H2,1H3. The first-order valence-electron chi connectivity index (χ1n) is 13.4. The maximum atomic E-state index is 11.8. The highest BCUT2D eigenvalue weighted by molar-refractivity contribution is 6.13. The first-order valence-corrected chi connectivity index (χ1v) is 13.7. The lowest BCUT2D eigenvalue weighted by Crippen LogP contribution is -2.43. The second-order valence-electron chi connectivity index (χ2n) is 9.68. The maximum Gasteiger partial charge on any atom is 0.324 e. The van der Waals surface area contributed by atoms with Crippen molar-refractivity contribution in [3.05, 3.63) is 0 Å². The third-order valence-corrected chi connectivity index (χ3v) is 6.87. The van der Waals surface area contributed by atoms with Crippen LogP contribution in [0.15, 0.2) is 0 Å². The molecule has 8 nitrogen and oxygen atoms in total. The van der Waals surface area contributed by atoms with Crippen LogP contribution >= 0.6 is 11.9 Å². The Hall–Kier alpha value is -1.40. The Bertz CT molecular complexity index is 610. The number of carbonyl (C=O) groups is 2. The Balaban J connectivity index is 2.41. The van der Waals surface area contributed by atoms with Gasteiger partial charge in [0, 0.05) is 38.5 Å². The van der Waals surface area contributed by atoms with Crippen molar-refractivity contribution in [3.8, 4) is 6.07 Å². The van der Waals surface area contributed by atoms with Gasteiger partial charge in [-0.3, -0.25) is 14.5 Å². The van der Waals surface area contributed by atoms with Crippen LogP contribution in [-0.2, 0) is 18.6 Å². The van der Waals surface area contributed by atoms with Crippen LogP contribution in [-0.4, -0.2) is 78.8 Å². The molecule has 1 aliphatic rings. The summed E-state index contributed by atoms with van der Waals surface area (Å²) in [6, 6.07) is 2.64. The van der Waals surface area contributed by atoms with E-state index in [-0.39, 0.29) is 31.1 Å². The fraction of sp³-hybridized carbons (Fsp3) is 0.885. The van der Waals surface area contributed by atoms with Crippen molar-refractivity contribution < 1.29 is 23.7 Å². The molecular formula is C26H46ClN3O5. The van der Waals surface area contributed by atoms with Gasteiger partial charge in [0.2, 0.25) is 0 Å². The summed E-state index contributed by atoms with van der Waals surface area (Å²) < 4.78 is 9.33. The van der Waals surface area contributed by atoms with Crippen LogP contribution in [0.1, 0.15) is 90.4 Å². The Morgan fingerprint density at radius 2 is 1.57 bits per heavy atom. The lowest BCUT2D eigenvalue weighted by Gasteiger charge is -2.35. The average Bonchev–Trinajstić information content (AvgIpc) is 2.88. The number of nitrogens with zero attached hydrogens (tertiary/aromatic N) is 3. The number of unbranched alkanes of at least 4 members (excludes halogenated alkanes) is 4. The van der Waals surface area contributed by atoms with E-state index in [9.17, 15) is 14.7 Å². The van der Waals surface area contributed by atoms with Crippen LogP contribution in [0.25, 0.3) is 0 Å². The minimum atomic E-state index is -0.378. The number of halogens is 1. The molecule has 0 aromatic carbocycles. The molecule has 0 spiro atoms. The smallest absolute Gasteiger partial charge is 0.324 e. The van der Waals surface area contributed by atoms with Gasteiger partial charge in [0.15, 0.2) is 0 Å². The summed E-state index contributed by atoms with van der Waals surface area (Å²) in [5, 5.41) is 18.3. The van der Waals surface area contributed by atoms with Crippen molar-refractivity contribution in [2.75, 3.05) is 45.9 Å². The Morgan fingerprint density at radius 3 is 2.14 bits per heavy atom. The summed E-state index contributed by atoms with van der Waals surface area (Å²) in [4.78, 5) is 27.9. The van der Waals surface area contributed by atoms with Crippen molar-refractivity contribution >= 4 is 23.8 Å². The highest BCUT2D eigenvalue weighted by atomic mass is 35.5. The number of aliphatic hydroxyl groups is 1. The molecule has 35 heavy (non-hydrogen) atoms. The molecule has 0 bridgehead atoms. The van der Waals surface area contributed by atoms with Crippen LogP contribution in [0.5, 0.6) is 0 Å². The summed E-state index contributed by atoms with van der Waals surface area (Å²) in [5.41, 5.74) is 0. The number of hydrogen-bond donors (Lipinski definition) is 1. The van der Waals surface area contributed by atoms with E-state index >= 15 is 0 Å². The maximum absolute atomic E-state index is 11.8. The summed E-state index contributed by atoms with van der Waals surface area (Å²) in [5.74, 6) is -0.880. The van der Waals surface area contributed by atoms with E-state index in [0.29, 0.717) is 18.9 Å². The minimum Gasteiger partial charge on any atom is -0.464 e. The second-order valence-corrected chi connectivity index (χ2v) is 9.83. The fourth-order valence-corrected chi connectivity index (χ4v) is 4.66. The van der Waals surface area contributed by atoms with Gasteiger partial charge in [-0.2, -0.15) is 5.26 Å². The molecule has 1 unspecified atom stereocenters. The molecule has 1 aliphatic carbocycles. The molecule has 0 amide bonds. The van der Waals surface area contributed by atoms with Gasteiger partial charge in [0.05, 0.1) is 18.6 Å². The largest absolute Gasteiger partial charge is 0.464 e. The van der Waals surface area contributed by atoms with Gasteiger partial charge in [-0.05, 0) is 58.5 Å². The van der Waals surface area contributed by atoms with Gasteiger partial charge in [-0.1, -0.05) is 32.1 Å². The quantitative estimate of drug-likeness (QED) is 0.187. The number of aliphatic hydroxyl groups excluding tert-OH is 1. The zero-order valence-electron chi connectivity index (χ0n) is 21.6. The molecule has 1 N–H and O–H groups in total. The normalized spacial score (nSPS) is 15.2. The Labute approximate surface area is 217 Å². The van der Waals surface area contributed by atoms with Crippen LogP contribution in [0, 0.1) is 17.2 Å². The van der Waals surface area contributed by atoms with Gasteiger partial charge >= 0.3 is 11.9 Å². The predicted octanol–water partition coefficient (Wildman–Crippen LogP) is 4.44. The van der Waals surface area contributed by atoms with Crippen molar-refractivity contribution in [1.29, 1.82) is 5.26 Å². The van der Waals surface area contributed by atoms with E-state index in [4.69, 9.17) is 21.9 Å². The molecule has 0 aromatic rings. The lowest BCUT2D eigenvalue weighted by atomic mass is 9.94. The van der Waals surface area contributed by atoms with Crippen molar-refractivity contribution in [2.45, 2.75) is 96.4 Å². The van der Waals surface area contributed by atoms with Gasteiger partial charge in [-0.25, -0.2) is 0 Å². The SMILES string of the molecule is CC(C#N)COC(=O)CCCCCN(CCCCCC(=O)OCl)CCN(CCO)C1CCCCC1. The average molecular weight is 516 g/mol. The fourth-order valence-electron chi connectivity index (χ4n) is 4.59. The first kappa shape index (κ1) is 31.6. The molecule has 1 rings (SSSR count).